The summed E-state index contributed by atoms with van der Waals surface area (Å²) in [6.45, 7) is 2.78. The molecule has 6 nitrogen and oxygen atoms in total. The zero-order valence-electron chi connectivity index (χ0n) is 15.4. The fourth-order valence-electron chi connectivity index (χ4n) is 2.56. The molecule has 0 aliphatic carbocycles. The number of hydrogen-bond acceptors (Lipinski definition) is 4. The van der Waals surface area contributed by atoms with Crippen molar-refractivity contribution in [2.75, 3.05) is 5.32 Å². The number of ether oxygens (including phenoxy) is 1. The molecule has 3 aromatic rings. The third kappa shape index (κ3) is 3.67. The molecule has 0 saturated carbocycles. The number of benzene rings is 1. The van der Waals surface area contributed by atoms with E-state index in [2.05, 4.69) is 15.2 Å². The van der Waals surface area contributed by atoms with E-state index in [4.69, 9.17) is 4.42 Å². The lowest BCUT2D eigenvalue weighted by molar-refractivity contribution is 0.0992. The summed E-state index contributed by atoms with van der Waals surface area (Å²) in [6, 6.07) is 2.54. The Labute approximate surface area is 160 Å². The van der Waals surface area contributed by atoms with Crippen molar-refractivity contribution in [1.29, 1.82) is 0 Å². The highest BCUT2D eigenvalue weighted by Crippen LogP contribution is 2.30. The lowest BCUT2D eigenvalue weighted by Crippen LogP contribution is -2.12. The molecule has 29 heavy (non-hydrogen) atoms. The van der Waals surface area contributed by atoms with Crippen LogP contribution in [0.25, 0.3) is 0 Å². The molecule has 2 heterocycles. The summed E-state index contributed by atoms with van der Waals surface area (Å²) in [7, 11) is 1.71. The SMILES string of the molecule is Cc1nn(C)c(C)c1NC(=O)c1ccc(COc2c(F)c(F)c(F)c(F)c2F)o1. The van der Waals surface area contributed by atoms with Crippen molar-refractivity contribution in [3.63, 3.8) is 0 Å². The molecule has 0 radical (unpaired) electrons. The van der Waals surface area contributed by atoms with E-state index in [9.17, 15) is 26.7 Å². The van der Waals surface area contributed by atoms with Gasteiger partial charge >= 0.3 is 0 Å². The molecule has 1 N–H and O–H groups in total. The fourth-order valence-corrected chi connectivity index (χ4v) is 2.56. The number of nitrogens with zero attached hydrogens (tertiary/aromatic N) is 2. The number of amides is 1. The molecule has 3 rings (SSSR count). The summed E-state index contributed by atoms with van der Waals surface area (Å²) >= 11 is 0. The normalized spacial score (nSPS) is 11.0. The number of carbonyl (C=O) groups is 1. The molecular formula is C18H14F5N3O3. The Kier molecular flexibility index (Phi) is 5.31. The van der Waals surface area contributed by atoms with Gasteiger partial charge in [0, 0.05) is 7.05 Å². The summed E-state index contributed by atoms with van der Waals surface area (Å²) < 4.78 is 78.1. The van der Waals surface area contributed by atoms with Crippen molar-refractivity contribution in [1.82, 2.24) is 9.78 Å². The highest BCUT2D eigenvalue weighted by atomic mass is 19.2. The molecule has 0 aliphatic heterocycles. The standard InChI is InChI=1S/C18H14F5N3O3/c1-7-16(8(2)26(3)25-7)24-18(27)10-5-4-9(29-10)6-28-17-14(22)12(20)11(19)13(21)15(17)23/h4-5H,6H2,1-3H3,(H,24,27). The molecule has 0 atom stereocenters. The molecule has 11 heteroatoms. The predicted octanol–water partition coefficient (Wildman–Crippen LogP) is 4.16. The van der Waals surface area contributed by atoms with Crippen LogP contribution in [0.2, 0.25) is 0 Å². The maximum atomic E-state index is 13.6. The Morgan fingerprint density at radius 3 is 2.21 bits per heavy atom. The van der Waals surface area contributed by atoms with E-state index in [-0.39, 0.29) is 11.5 Å². The van der Waals surface area contributed by atoms with Gasteiger partial charge in [-0.25, -0.2) is 13.2 Å². The average Bonchev–Trinajstić information content (AvgIpc) is 3.25. The molecule has 0 saturated heterocycles. The lowest BCUT2D eigenvalue weighted by atomic mass is 10.2. The minimum Gasteiger partial charge on any atom is -0.479 e. The number of nitrogens with one attached hydrogen (secondary N) is 1. The monoisotopic (exact) mass is 415 g/mol. The Balaban J connectivity index is 1.74. The predicted molar refractivity (Wildman–Crippen MR) is 89.9 cm³/mol. The van der Waals surface area contributed by atoms with Crippen molar-refractivity contribution in [2.24, 2.45) is 7.05 Å². The quantitative estimate of drug-likeness (QED) is 0.386. The second kappa shape index (κ2) is 7.57. The number of furan rings is 1. The van der Waals surface area contributed by atoms with Crippen molar-refractivity contribution in [3.05, 3.63) is 64.1 Å². The van der Waals surface area contributed by atoms with Gasteiger partial charge in [0.05, 0.1) is 17.1 Å². The average molecular weight is 415 g/mol. The third-order valence-electron chi connectivity index (χ3n) is 4.16. The van der Waals surface area contributed by atoms with Crippen LogP contribution in [0, 0.1) is 42.9 Å². The van der Waals surface area contributed by atoms with Gasteiger partial charge in [0.1, 0.15) is 12.4 Å². The van der Waals surface area contributed by atoms with Gasteiger partial charge in [0.25, 0.3) is 5.91 Å². The summed E-state index contributed by atoms with van der Waals surface area (Å²) in [6.07, 6.45) is 0. The van der Waals surface area contributed by atoms with Gasteiger partial charge < -0.3 is 14.5 Å². The van der Waals surface area contributed by atoms with E-state index in [1.807, 2.05) is 0 Å². The molecule has 1 aromatic carbocycles. The van der Waals surface area contributed by atoms with E-state index in [0.717, 1.165) is 0 Å². The topological polar surface area (TPSA) is 69.3 Å². The minimum absolute atomic E-state index is 0.0706. The van der Waals surface area contributed by atoms with Crippen molar-refractivity contribution >= 4 is 11.6 Å². The number of aromatic nitrogens is 2. The third-order valence-corrected chi connectivity index (χ3v) is 4.16. The van der Waals surface area contributed by atoms with E-state index in [0.29, 0.717) is 17.1 Å². The van der Waals surface area contributed by atoms with Crippen LogP contribution in [0.15, 0.2) is 16.5 Å². The summed E-state index contributed by atoms with van der Waals surface area (Å²) in [5.74, 6) is -13.0. The Bertz CT molecular complexity index is 1080. The zero-order chi connectivity index (χ0) is 21.5. The van der Waals surface area contributed by atoms with E-state index in [1.54, 1.807) is 25.6 Å². The lowest BCUT2D eigenvalue weighted by Gasteiger charge is -2.09. The molecule has 154 valence electrons. The van der Waals surface area contributed by atoms with E-state index in [1.165, 1.54) is 12.1 Å². The number of hydrogen-bond donors (Lipinski definition) is 1. The van der Waals surface area contributed by atoms with Gasteiger partial charge in [0.2, 0.25) is 29.1 Å². The van der Waals surface area contributed by atoms with Crippen LogP contribution in [0.1, 0.15) is 27.7 Å². The largest absolute Gasteiger partial charge is 0.479 e. The summed E-state index contributed by atoms with van der Waals surface area (Å²) in [5.41, 5.74) is 1.78. The molecule has 0 fully saturated rings. The van der Waals surface area contributed by atoms with Crippen LogP contribution in [-0.2, 0) is 13.7 Å². The Hall–Kier alpha value is -3.37. The summed E-state index contributed by atoms with van der Waals surface area (Å²) in [4.78, 5) is 12.3. The summed E-state index contributed by atoms with van der Waals surface area (Å²) in [5, 5.41) is 6.78. The number of halogens is 5. The van der Waals surface area contributed by atoms with Crippen LogP contribution in [-0.4, -0.2) is 15.7 Å². The van der Waals surface area contributed by atoms with Gasteiger partial charge in [-0.1, -0.05) is 0 Å². The molecule has 2 aromatic heterocycles. The second-order valence-electron chi connectivity index (χ2n) is 6.08. The van der Waals surface area contributed by atoms with Gasteiger partial charge in [-0.2, -0.15) is 13.9 Å². The van der Waals surface area contributed by atoms with E-state index >= 15 is 0 Å². The number of rotatable bonds is 5. The fraction of sp³-hybridized carbons (Fsp3) is 0.222. The highest BCUT2D eigenvalue weighted by molar-refractivity contribution is 6.02. The molecule has 1 amide bonds. The molecule has 0 aliphatic rings. The first-order chi connectivity index (χ1) is 13.6. The molecule has 0 unspecified atom stereocenters. The van der Waals surface area contributed by atoms with Gasteiger partial charge in [-0.05, 0) is 26.0 Å². The Morgan fingerprint density at radius 1 is 1.07 bits per heavy atom. The van der Waals surface area contributed by atoms with Gasteiger partial charge in [-0.15, -0.1) is 0 Å². The van der Waals surface area contributed by atoms with Gasteiger partial charge in [-0.3, -0.25) is 9.48 Å². The van der Waals surface area contributed by atoms with Crippen molar-refractivity contribution < 1.29 is 35.9 Å². The first-order valence-corrected chi connectivity index (χ1v) is 8.16. The molecule has 0 spiro atoms. The maximum Gasteiger partial charge on any atom is 0.291 e. The van der Waals surface area contributed by atoms with Gasteiger partial charge in [0.15, 0.2) is 11.5 Å². The van der Waals surface area contributed by atoms with Crippen LogP contribution >= 0.6 is 0 Å². The van der Waals surface area contributed by atoms with Crippen LogP contribution in [0.5, 0.6) is 5.75 Å². The smallest absolute Gasteiger partial charge is 0.291 e. The van der Waals surface area contributed by atoms with Crippen LogP contribution < -0.4 is 10.1 Å². The molecular weight excluding hydrogens is 401 g/mol. The second-order valence-corrected chi connectivity index (χ2v) is 6.08. The zero-order valence-corrected chi connectivity index (χ0v) is 15.4. The number of carbonyl (C=O) groups excluding carboxylic acids is 1. The van der Waals surface area contributed by atoms with Crippen LogP contribution in [0.3, 0.4) is 0 Å². The van der Waals surface area contributed by atoms with Crippen molar-refractivity contribution in [2.45, 2.75) is 20.5 Å². The van der Waals surface area contributed by atoms with Crippen molar-refractivity contribution in [3.8, 4) is 5.75 Å². The Morgan fingerprint density at radius 2 is 1.66 bits per heavy atom. The first-order valence-electron chi connectivity index (χ1n) is 8.16. The molecule has 0 bridgehead atoms. The highest BCUT2D eigenvalue weighted by Gasteiger charge is 2.27. The number of anilines is 1. The van der Waals surface area contributed by atoms with E-state index < -0.39 is 47.3 Å². The maximum absolute atomic E-state index is 13.6. The first kappa shape index (κ1) is 20.4. The minimum atomic E-state index is -2.29. The van der Waals surface area contributed by atoms with Crippen LogP contribution in [0.4, 0.5) is 27.6 Å². The number of aryl methyl sites for hydroxylation is 2.